The first-order chi connectivity index (χ1) is 12.9. The van der Waals surface area contributed by atoms with Crippen LogP contribution in [0.15, 0.2) is 51.4 Å². The topological polar surface area (TPSA) is 40.0 Å². The van der Waals surface area contributed by atoms with E-state index in [0.29, 0.717) is 18.1 Å². The number of amidine groups is 2. The second-order valence-corrected chi connectivity index (χ2v) is 9.19. The van der Waals surface area contributed by atoms with E-state index in [2.05, 4.69) is 46.0 Å². The zero-order chi connectivity index (χ0) is 17.3. The lowest BCUT2D eigenvalue weighted by Gasteiger charge is -2.31. The smallest absolute Gasteiger partial charge is 0.168 e. The summed E-state index contributed by atoms with van der Waals surface area (Å²) in [4.78, 5) is 12.2. The van der Waals surface area contributed by atoms with E-state index in [1.807, 2.05) is 23.5 Å². The highest BCUT2D eigenvalue weighted by molar-refractivity contribution is 8.17. The molecule has 1 aromatic rings. The van der Waals surface area contributed by atoms with Gasteiger partial charge in [-0.2, -0.15) is 0 Å². The van der Waals surface area contributed by atoms with Crippen LogP contribution in [0.1, 0.15) is 31.2 Å². The predicted molar refractivity (Wildman–Crippen MR) is 113 cm³/mol. The Labute approximate surface area is 163 Å². The number of nitrogens with zero attached hydrogens (tertiary/aromatic N) is 3. The lowest BCUT2D eigenvalue weighted by molar-refractivity contribution is 0.285. The largest absolute Gasteiger partial charge is 0.360 e. The van der Waals surface area contributed by atoms with Crippen LogP contribution < -0.4 is 5.32 Å². The van der Waals surface area contributed by atoms with E-state index in [1.165, 1.54) is 42.1 Å². The summed E-state index contributed by atoms with van der Waals surface area (Å²) < 4.78 is 0. The summed E-state index contributed by atoms with van der Waals surface area (Å²) in [5.74, 6) is 0.985. The van der Waals surface area contributed by atoms with Crippen molar-refractivity contribution in [2.45, 2.75) is 50.2 Å². The fourth-order valence-corrected chi connectivity index (χ4v) is 6.33. The van der Waals surface area contributed by atoms with Crippen LogP contribution in [0.25, 0.3) is 0 Å². The Balaban J connectivity index is 1.15. The van der Waals surface area contributed by atoms with Gasteiger partial charge < -0.3 is 10.2 Å². The quantitative estimate of drug-likeness (QED) is 0.856. The van der Waals surface area contributed by atoms with Crippen LogP contribution in [0.3, 0.4) is 0 Å². The van der Waals surface area contributed by atoms with Gasteiger partial charge in [0.05, 0.1) is 24.7 Å². The summed E-state index contributed by atoms with van der Waals surface area (Å²) in [6.45, 7) is 0.881. The molecule has 4 aliphatic rings. The highest BCUT2D eigenvalue weighted by Gasteiger charge is 2.41. The van der Waals surface area contributed by atoms with Gasteiger partial charge in [0.1, 0.15) is 0 Å². The zero-order valence-electron chi connectivity index (χ0n) is 14.8. The average Bonchev–Trinajstić information content (AvgIpc) is 3.36. The highest BCUT2D eigenvalue weighted by Crippen LogP contribution is 2.41. The van der Waals surface area contributed by atoms with Gasteiger partial charge in [0.2, 0.25) is 0 Å². The van der Waals surface area contributed by atoms with E-state index >= 15 is 0 Å². The lowest BCUT2D eigenvalue weighted by Crippen LogP contribution is -2.39. The number of rotatable bonds is 4. The Hall–Kier alpha value is -1.40. The standard InChI is InChI=1S/C20H24N4S2/c1-2-6-14(7-3-1)10-15-11-21-19(22-15)25-12-16-13-26-20-23-17-8-4-5-9-18(17)24(16)20/h1-3,6-7,13,15,17-18H,4-5,8-12H2,(H,21,22)/t15?,17-,18-/m1/s1. The first-order valence-corrected chi connectivity index (χ1v) is 11.4. The maximum atomic E-state index is 4.96. The molecule has 6 heteroatoms. The molecule has 0 spiro atoms. The predicted octanol–water partition coefficient (Wildman–Crippen LogP) is 3.86. The molecule has 1 fully saturated rings. The monoisotopic (exact) mass is 384 g/mol. The lowest BCUT2D eigenvalue weighted by atomic mass is 9.91. The summed E-state index contributed by atoms with van der Waals surface area (Å²) in [6.07, 6.45) is 6.29. The Bertz CT molecular complexity index is 758. The van der Waals surface area contributed by atoms with Gasteiger partial charge in [0.15, 0.2) is 10.3 Å². The molecule has 3 heterocycles. The molecule has 1 aliphatic carbocycles. The van der Waals surface area contributed by atoms with Crippen LogP contribution in [-0.4, -0.2) is 45.7 Å². The van der Waals surface area contributed by atoms with E-state index in [4.69, 9.17) is 9.98 Å². The van der Waals surface area contributed by atoms with Gasteiger partial charge in [-0.05, 0) is 30.2 Å². The van der Waals surface area contributed by atoms with Crippen molar-refractivity contribution in [2.24, 2.45) is 9.98 Å². The first-order valence-electron chi connectivity index (χ1n) is 9.57. The van der Waals surface area contributed by atoms with Crippen LogP contribution in [0.2, 0.25) is 0 Å². The Kier molecular flexibility index (Phi) is 4.71. The van der Waals surface area contributed by atoms with Gasteiger partial charge in [-0.25, -0.2) is 0 Å². The SMILES string of the molecule is C1=C(CSC2=NCC(Cc3ccccc3)N2)N2C(=N[C@@H]3CCCC[C@H]32)S1. The van der Waals surface area contributed by atoms with E-state index in [0.717, 1.165) is 23.9 Å². The van der Waals surface area contributed by atoms with Gasteiger partial charge in [-0.15, -0.1) is 0 Å². The number of thioether (sulfide) groups is 2. The zero-order valence-corrected chi connectivity index (χ0v) is 16.4. The Morgan fingerprint density at radius 3 is 3.00 bits per heavy atom. The van der Waals surface area contributed by atoms with Crippen molar-refractivity contribution in [1.82, 2.24) is 10.2 Å². The average molecular weight is 385 g/mol. The summed E-state index contributed by atoms with van der Waals surface area (Å²) in [6, 6.07) is 12.3. The normalized spacial score (nSPS) is 29.6. The fraction of sp³-hybridized carbons (Fsp3) is 0.500. The molecule has 0 bridgehead atoms. The van der Waals surface area contributed by atoms with Crippen molar-refractivity contribution in [3.05, 3.63) is 47.0 Å². The molecule has 5 rings (SSSR count). The Morgan fingerprint density at radius 2 is 2.08 bits per heavy atom. The van der Waals surface area contributed by atoms with Gasteiger partial charge in [-0.3, -0.25) is 9.98 Å². The van der Waals surface area contributed by atoms with Crippen LogP contribution in [-0.2, 0) is 6.42 Å². The number of hydrogen-bond acceptors (Lipinski definition) is 6. The molecule has 26 heavy (non-hydrogen) atoms. The molecule has 1 aromatic carbocycles. The van der Waals surface area contributed by atoms with Gasteiger partial charge >= 0.3 is 0 Å². The molecule has 0 aromatic heterocycles. The second-order valence-electron chi connectivity index (χ2n) is 7.39. The molecule has 4 nitrogen and oxygen atoms in total. The molecule has 0 amide bonds. The number of aliphatic imine (C=N–C) groups is 2. The molecule has 136 valence electrons. The van der Waals surface area contributed by atoms with Crippen molar-refractivity contribution in [2.75, 3.05) is 12.3 Å². The fourth-order valence-electron chi connectivity index (χ4n) is 4.30. The number of fused-ring (bicyclic) bond motifs is 3. The molecule has 1 saturated carbocycles. The summed E-state index contributed by atoms with van der Waals surface area (Å²) >= 11 is 3.66. The molecule has 3 aliphatic heterocycles. The van der Waals surface area contributed by atoms with E-state index in [-0.39, 0.29) is 0 Å². The van der Waals surface area contributed by atoms with Gasteiger partial charge in [0.25, 0.3) is 0 Å². The van der Waals surface area contributed by atoms with Gasteiger partial charge in [-0.1, -0.05) is 66.7 Å². The van der Waals surface area contributed by atoms with Crippen LogP contribution in [0, 0.1) is 0 Å². The number of benzene rings is 1. The number of nitrogens with one attached hydrogen (secondary N) is 1. The summed E-state index contributed by atoms with van der Waals surface area (Å²) in [7, 11) is 0. The van der Waals surface area contributed by atoms with Crippen molar-refractivity contribution in [3.63, 3.8) is 0 Å². The maximum absolute atomic E-state index is 4.96. The summed E-state index contributed by atoms with van der Waals surface area (Å²) in [5.41, 5.74) is 2.80. The molecule has 1 unspecified atom stereocenters. The first kappa shape index (κ1) is 16.8. The van der Waals surface area contributed by atoms with Crippen molar-refractivity contribution in [3.8, 4) is 0 Å². The second kappa shape index (κ2) is 7.31. The van der Waals surface area contributed by atoms with E-state index < -0.39 is 0 Å². The molecule has 1 N–H and O–H groups in total. The van der Waals surface area contributed by atoms with Crippen LogP contribution >= 0.6 is 23.5 Å². The van der Waals surface area contributed by atoms with Crippen molar-refractivity contribution >= 4 is 33.9 Å². The molecule has 0 saturated heterocycles. The highest BCUT2D eigenvalue weighted by atomic mass is 32.2. The van der Waals surface area contributed by atoms with E-state index in [9.17, 15) is 0 Å². The van der Waals surface area contributed by atoms with E-state index in [1.54, 1.807) is 0 Å². The molecule has 0 radical (unpaired) electrons. The minimum atomic E-state index is 0.429. The minimum Gasteiger partial charge on any atom is -0.360 e. The maximum Gasteiger partial charge on any atom is 0.168 e. The van der Waals surface area contributed by atoms with Gasteiger partial charge in [0, 0.05) is 11.4 Å². The third kappa shape index (κ3) is 3.29. The molecular weight excluding hydrogens is 360 g/mol. The summed E-state index contributed by atoms with van der Waals surface area (Å²) in [5, 5.41) is 8.24. The minimum absolute atomic E-state index is 0.429. The van der Waals surface area contributed by atoms with Crippen LogP contribution in [0.5, 0.6) is 0 Å². The molecule has 3 atom stereocenters. The third-order valence-electron chi connectivity index (χ3n) is 5.58. The number of hydrogen-bond donors (Lipinski definition) is 1. The molecular formula is C20H24N4S2. The van der Waals surface area contributed by atoms with Crippen molar-refractivity contribution < 1.29 is 0 Å². The van der Waals surface area contributed by atoms with Crippen molar-refractivity contribution in [1.29, 1.82) is 0 Å². The Morgan fingerprint density at radius 1 is 1.19 bits per heavy atom. The third-order valence-corrected chi connectivity index (χ3v) is 7.45. The van der Waals surface area contributed by atoms with Crippen LogP contribution in [0.4, 0.5) is 0 Å².